The lowest BCUT2D eigenvalue weighted by molar-refractivity contribution is 1.14. The monoisotopic (exact) mass is 269 g/mol. The van der Waals surface area contributed by atoms with Gasteiger partial charge in [-0.05, 0) is 47.0 Å². The number of thiophene rings is 1. The number of nitrogens with zero attached hydrogens (tertiary/aromatic N) is 1. The summed E-state index contributed by atoms with van der Waals surface area (Å²) in [6.45, 7) is 2.96. The zero-order valence-corrected chi connectivity index (χ0v) is 11.5. The standard InChI is InChI=1S/C15H15N3S/c1-10-8-19-9-11(10)6-18-15-3-2-14(16)12-4-5-17-7-13(12)15/h2-5,7-9,18H,6,16H2,1H3. The molecule has 0 saturated heterocycles. The summed E-state index contributed by atoms with van der Waals surface area (Å²) in [4.78, 5) is 4.18. The van der Waals surface area contributed by atoms with Crippen LogP contribution in [0.1, 0.15) is 11.1 Å². The highest BCUT2D eigenvalue weighted by atomic mass is 32.1. The van der Waals surface area contributed by atoms with E-state index in [4.69, 9.17) is 5.73 Å². The number of rotatable bonds is 3. The minimum Gasteiger partial charge on any atom is -0.398 e. The fourth-order valence-electron chi connectivity index (χ4n) is 2.13. The Morgan fingerprint density at radius 2 is 2.11 bits per heavy atom. The van der Waals surface area contributed by atoms with Gasteiger partial charge < -0.3 is 11.1 Å². The van der Waals surface area contributed by atoms with Gasteiger partial charge in [-0.2, -0.15) is 11.3 Å². The van der Waals surface area contributed by atoms with Crippen LogP contribution in [0, 0.1) is 6.92 Å². The summed E-state index contributed by atoms with van der Waals surface area (Å²) in [5.41, 5.74) is 10.5. The third-order valence-electron chi connectivity index (χ3n) is 3.28. The number of aromatic nitrogens is 1. The number of nitrogens with one attached hydrogen (secondary N) is 1. The maximum absolute atomic E-state index is 5.99. The highest BCUT2D eigenvalue weighted by Crippen LogP contribution is 2.28. The fraction of sp³-hybridized carbons (Fsp3) is 0.133. The molecule has 0 aliphatic rings. The second-order valence-electron chi connectivity index (χ2n) is 4.56. The Morgan fingerprint density at radius 1 is 1.21 bits per heavy atom. The van der Waals surface area contributed by atoms with E-state index in [0.717, 1.165) is 28.7 Å². The Morgan fingerprint density at radius 3 is 2.89 bits per heavy atom. The van der Waals surface area contributed by atoms with Crippen LogP contribution in [0.15, 0.2) is 41.4 Å². The van der Waals surface area contributed by atoms with E-state index >= 15 is 0 Å². The summed E-state index contributed by atoms with van der Waals surface area (Å²) in [5.74, 6) is 0. The molecule has 3 N–H and O–H groups in total. The van der Waals surface area contributed by atoms with Crippen LogP contribution in [0.2, 0.25) is 0 Å². The third-order valence-corrected chi connectivity index (χ3v) is 4.19. The number of hydrogen-bond acceptors (Lipinski definition) is 4. The van der Waals surface area contributed by atoms with Crippen LogP contribution in [0.25, 0.3) is 10.8 Å². The highest BCUT2D eigenvalue weighted by molar-refractivity contribution is 7.08. The van der Waals surface area contributed by atoms with Gasteiger partial charge >= 0.3 is 0 Å². The van der Waals surface area contributed by atoms with E-state index in [1.807, 2.05) is 24.4 Å². The molecule has 19 heavy (non-hydrogen) atoms. The van der Waals surface area contributed by atoms with Crippen molar-refractivity contribution in [3.05, 3.63) is 52.5 Å². The summed E-state index contributed by atoms with van der Waals surface area (Å²) >= 11 is 1.74. The van der Waals surface area contributed by atoms with E-state index in [9.17, 15) is 0 Å². The SMILES string of the molecule is Cc1cscc1CNc1ccc(N)c2ccncc12. The van der Waals surface area contributed by atoms with Crippen LogP contribution in [0.5, 0.6) is 0 Å². The van der Waals surface area contributed by atoms with Gasteiger partial charge in [0.1, 0.15) is 0 Å². The van der Waals surface area contributed by atoms with Gasteiger partial charge in [0.15, 0.2) is 0 Å². The number of pyridine rings is 1. The largest absolute Gasteiger partial charge is 0.398 e. The van der Waals surface area contributed by atoms with Gasteiger partial charge in [0.25, 0.3) is 0 Å². The first-order valence-corrected chi connectivity index (χ1v) is 7.08. The molecular formula is C15H15N3S. The maximum atomic E-state index is 5.99. The van der Waals surface area contributed by atoms with Crippen LogP contribution >= 0.6 is 11.3 Å². The molecule has 3 aromatic rings. The van der Waals surface area contributed by atoms with E-state index in [1.165, 1.54) is 11.1 Å². The number of benzene rings is 1. The van der Waals surface area contributed by atoms with E-state index in [0.29, 0.717) is 0 Å². The minimum atomic E-state index is 0.787. The maximum Gasteiger partial charge on any atom is 0.0439 e. The van der Waals surface area contributed by atoms with Crippen molar-refractivity contribution < 1.29 is 0 Å². The van der Waals surface area contributed by atoms with Crippen molar-refractivity contribution >= 4 is 33.5 Å². The van der Waals surface area contributed by atoms with Crippen molar-refractivity contribution in [1.29, 1.82) is 0 Å². The topological polar surface area (TPSA) is 50.9 Å². The Bertz CT molecular complexity index is 718. The molecule has 0 aliphatic heterocycles. The van der Waals surface area contributed by atoms with Crippen LogP contribution in [-0.4, -0.2) is 4.98 Å². The van der Waals surface area contributed by atoms with Crippen molar-refractivity contribution in [3.8, 4) is 0 Å². The van der Waals surface area contributed by atoms with Crippen molar-refractivity contribution in [2.75, 3.05) is 11.1 Å². The number of fused-ring (bicyclic) bond motifs is 1. The molecule has 3 nitrogen and oxygen atoms in total. The molecule has 1 aromatic carbocycles. The number of nitrogen functional groups attached to an aromatic ring is 1. The molecule has 2 aromatic heterocycles. The van der Waals surface area contributed by atoms with Gasteiger partial charge in [-0.3, -0.25) is 4.98 Å². The Labute approximate surface area is 116 Å². The molecule has 96 valence electrons. The summed E-state index contributed by atoms with van der Waals surface area (Å²) in [7, 11) is 0. The molecule has 2 heterocycles. The van der Waals surface area contributed by atoms with E-state index in [2.05, 4.69) is 28.0 Å². The molecule has 0 radical (unpaired) electrons. The van der Waals surface area contributed by atoms with Gasteiger partial charge in [0, 0.05) is 41.1 Å². The Kier molecular flexibility index (Phi) is 3.09. The average molecular weight is 269 g/mol. The van der Waals surface area contributed by atoms with Crippen molar-refractivity contribution in [2.24, 2.45) is 0 Å². The van der Waals surface area contributed by atoms with Gasteiger partial charge in [0.05, 0.1) is 0 Å². The van der Waals surface area contributed by atoms with Gasteiger partial charge in [-0.25, -0.2) is 0 Å². The first kappa shape index (κ1) is 12.0. The smallest absolute Gasteiger partial charge is 0.0439 e. The lowest BCUT2D eigenvalue weighted by Crippen LogP contribution is -2.01. The first-order chi connectivity index (χ1) is 9.25. The van der Waals surface area contributed by atoms with Crippen molar-refractivity contribution in [1.82, 2.24) is 4.98 Å². The minimum absolute atomic E-state index is 0.787. The predicted octanol–water partition coefficient (Wildman–Crippen LogP) is 3.80. The van der Waals surface area contributed by atoms with Crippen LogP contribution in [0.4, 0.5) is 11.4 Å². The van der Waals surface area contributed by atoms with Crippen LogP contribution in [-0.2, 0) is 6.54 Å². The average Bonchev–Trinajstić information content (AvgIpc) is 2.84. The molecule has 0 bridgehead atoms. The highest BCUT2D eigenvalue weighted by Gasteiger charge is 2.05. The normalized spacial score (nSPS) is 10.8. The second-order valence-corrected chi connectivity index (χ2v) is 5.30. The molecule has 0 atom stereocenters. The van der Waals surface area contributed by atoms with Crippen LogP contribution in [0.3, 0.4) is 0 Å². The zero-order chi connectivity index (χ0) is 13.2. The van der Waals surface area contributed by atoms with Gasteiger partial charge in [-0.1, -0.05) is 0 Å². The molecule has 0 saturated carbocycles. The summed E-state index contributed by atoms with van der Waals surface area (Å²) in [6.07, 6.45) is 3.62. The van der Waals surface area contributed by atoms with E-state index in [-0.39, 0.29) is 0 Å². The molecular weight excluding hydrogens is 254 g/mol. The molecule has 0 aliphatic carbocycles. The molecule has 0 fully saturated rings. The number of anilines is 2. The van der Waals surface area contributed by atoms with E-state index < -0.39 is 0 Å². The first-order valence-electron chi connectivity index (χ1n) is 6.13. The third kappa shape index (κ3) is 2.27. The van der Waals surface area contributed by atoms with Crippen molar-refractivity contribution in [2.45, 2.75) is 13.5 Å². The lowest BCUT2D eigenvalue weighted by atomic mass is 10.1. The fourth-order valence-corrected chi connectivity index (χ4v) is 2.98. The summed E-state index contributed by atoms with van der Waals surface area (Å²) in [5, 5.41) is 9.92. The predicted molar refractivity (Wildman–Crippen MR) is 82.5 cm³/mol. The number of aryl methyl sites for hydroxylation is 1. The molecule has 4 heteroatoms. The van der Waals surface area contributed by atoms with Crippen LogP contribution < -0.4 is 11.1 Å². The molecule has 0 spiro atoms. The Hall–Kier alpha value is -2.07. The van der Waals surface area contributed by atoms with Crippen molar-refractivity contribution in [3.63, 3.8) is 0 Å². The summed E-state index contributed by atoms with van der Waals surface area (Å²) in [6, 6.07) is 5.90. The molecule has 0 amide bonds. The second kappa shape index (κ2) is 4.90. The summed E-state index contributed by atoms with van der Waals surface area (Å²) < 4.78 is 0. The Balaban J connectivity index is 1.93. The number of hydrogen-bond donors (Lipinski definition) is 2. The number of nitrogens with two attached hydrogens (primary N) is 1. The lowest BCUT2D eigenvalue weighted by Gasteiger charge is -2.11. The van der Waals surface area contributed by atoms with Gasteiger partial charge in [0.2, 0.25) is 0 Å². The molecule has 0 unspecified atom stereocenters. The van der Waals surface area contributed by atoms with E-state index in [1.54, 1.807) is 17.5 Å². The molecule has 3 rings (SSSR count). The zero-order valence-electron chi connectivity index (χ0n) is 10.7. The quantitative estimate of drug-likeness (QED) is 0.711. The van der Waals surface area contributed by atoms with Gasteiger partial charge in [-0.15, -0.1) is 0 Å².